The molecule has 0 N–H and O–H groups in total. The third-order valence-corrected chi connectivity index (χ3v) is 16.5. The van der Waals surface area contributed by atoms with Crippen molar-refractivity contribution in [3.05, 3.63) is 296 Å². The SMILES string of the molecule is CC1(C)c2ccccc2-c2ccc(N(c3ccc(-c4cc5c(-c6ccccc6)c(-c6ccccc6)n(-c6ccc(-c7ccccc7)cc6)c5c5ccccc45)cc3)c3ccc4c(c3)c3ccccc3n4-c3ccccc3)cc21. The van der Waals surface area contributed by atoms with Crippen molar-refractivity contribution in [3.63, 3.8) is 0 Å². The Bertz CT molecular complexity index is 4590. The normalized spacial score (nSPS) is 12.6. The molecular formula is C75H53N3. The molecule has 0 bridgehead atoms. The zero-order valence-electron chi connectivity index (χ0n) is 43.5. The van der Waals surface area contributed by atoms with E-state index in [9.17, 15) is 0 Å². The van der Waals surface area contributed by atoms with Gasteiger partial charge >= 0.3 is 0 Å². The number of fused-ring (bicyclic) bond motifs is 9. The fourth-order valence-corrected chi connectivity index (χ4v) is 12.9. The molecule has 0 saturated heterocycles. The van der Waals surface area contributed by atoms with Gasteiger partial charge in [0.25, 0.3) is 0 Å². The van der Waals surface area contributed by atoms with Crippen molar-refractivity contribution in [3.8, 4) is 67.1 Å². The molecule has 1 aliphatic carbocycles. The number of benzene rings is 12. The molecule has 12 aromatic carbocycles. The summed E-state index contributed by atoms with van der Waals surface area (Å²) in [6.45, 7) is 4.74. The van der Waals surface area contributed by atoms with E-state index in [-0.39, 0.29) is 5.41 Å². The highest BCUT2D eigenvalue weighted by molar-refractivity contribution is 6.20. The summed E-state index contributed by atoms with van der Waals surface area (Å²) < 4.78 is 4.91. The third-order valence-electron chi connectivity index (χ3n) is 16.5. The number of hydrogen-bond acceptors (Lipinski definition) is 1. The Morgan fingerprint density at radius 2 is 0.808 bits per heavy atom. The van der Waals surface area contributed by atoms with Crippen LogP contribution < -0.4 is 4.90 Å². The maximum absolute atomic E-state index is 2.51. The van der Waals surface area contributed by atoms with E-state index in [2.05, 4.69) is 313 Å². The lowest BCUT2D eigenvalue weighted by atomic mass is 9.82. The second-order valence-electron chi connectivity index (χ2n) is 21.2. The first-order valence-corrected chi connectivity index (χ1v) is 27.1. The van der Waals surface area contributed by atoms with Gasteiger partial charge in [0.15, 0.2) is 0 Å². The highest BCUT2D eigenvalue weighted by Gasteiger charge is 2.36. The molecule has 0 unspecified atom stereocenters. The maximum Gasteiger partial charge on any atom is 0.0620 e. The Labute approximate surface area is 454 Å². The van der Waals surface area contributed by atoms with Crippen LogP contribution in [-0.2, 0) is 5.41 Å². The van der Waals surface area contributed by atoms with E-state index in [0.717, 1.165) is 39.6 Å². The van der Waals surface area contributed by atoms with Gasteiger partial charge in [0.1, 0.15) is 0 Å². The Hall–Kier alpha value is -9.96. The van der Waals surface area contributed by atoms with Crippen LogP contribution in [0, 0.1) is 0 Å². The van der Waals surface area contributed by atoms with E-state index in [0.29, 0.717) is 0 Å². The minimum Gasteiger partial charge on any atom is -0.310 e. The molecule has 0 atom stereocenters. The lowest BCUT2D eigenvalue weighted by molar-refractivity contribution is 0.660. The van der Waals surface area contributed by atoms with E-state index in [1.54, 1.807) is 0 Å². The summed E-state index contributed by atoms with van der Waals surface area (Å²) >= 11 is 0. The standard InChI is InChI=1S/C75H53N3/c1-75(2)68-33-19-17-30-61(68)62-45-43-59(48-69(62)75)76(58-44-46-71-66(47-58)63-31-18-20-34-70(63)77(71)55-27-13-6-14-28-55)56-41-37-52(38-42-56)65-49-67-72(53-23-9-4-10-24-53)73(54-25-11-5-12-26-54)78(74(67)64-32-16-15-29-60(64)65)57-39-35-51(36-40-57)50-21-7-3-8-22-50/h3-49H,1-2H3. The van der Waals surface area contributed by atoms with Crippen LogP contribution in [0.1, 0.15) is 25.0 Å². The van der Waals surface area contributed by atoms with Crippen molar-refractivity contribution in [2.24, 2.45) is 0 Å². The quantitative estimate of drug-likeness (QED) is 0.140. The van der Waals surface area contributed by atoms with Gasteiger partial charge in [0.2, 0.25) is 0 Å². The molecule has 15 rings (SSSR count). The lowest BCUT2D eigenvalue weighted by Gasteiger charge is -2.28. The minimum absolute atomic E-state index is 0.159. The van der Waals surface area contributed by atoms with Gasteiger partial charge in [-0.3, -0.25) is 0 Å². The highest BCUT2D eigenvalue weighted by atomic mass is 15.1. The van der Waals surface area contributed by atoms with Crippen LogP contribution in [0.4, 0.5) is 17.1 Å². The van der Waals surface area contributed by atoms with Gasteiger partial charge in [-0.1, -0.05) is 220 Å². The lowest BCUT2D eigenvalue weighted by Crippen LogP contribution is -2.16. The molecule has 2 heterocycles. The van der Waals surface area contributed by atoms with Crippen molar-refractivity contribution in [2.75, 3.05) is 4.90 Å². The van der Waals surface area contributed by atoms with Gasteiger partial charge in [-0.15, -0.1) is 0 Å². The molecule has 2 aromatic heterocycles. The van der Waals surface area contributed by atoms with E-state index in [1.807, 2.05) is 0 Å². The average molecular weight is 996 g/mol. The summed E-state index contributed by atoms with van der Waals surface area (Å²) in [4.78, 5) is 2.46. The number of aromatic nitrogens is 2. The monoisotopic (exact) mass is 995 g/mol. The van der Waals surface area contributed by atoms with E-state index in [4.69, 9.17) is 0 Å². The molecule has 14 aromatic rings. The van der Waals surface area contributed by atoms with Crippen LogP contribution in [0.2, 0.25) is 0 Å². The van der Waals surface area contributed by atoms with Crippen LogP contribution in [0.15, 0.2) is 285 Å². The van der Waals surface area contributed by atoms with Crippen molar-refractivity contribution >= 4 is 60.5 Å². The average Bonchev–Trinajstić information content (AvgIpc) is 4.30. The van der Waals surface area contributed by atoms with Crippen molar-refractivity contribution in [1.29, 1.82) is 0 Å². The van der Waals surface area contributed by atoms with Gasteiger partial charge < -0.3 is 14.0 Å². The molecule has 0 spiro atoms. The van der Waals surface area contributed by atoms with Crippen molar-refractivity contribution < 1.29 is 0 Å². The summed E-state index contributed by atoms with van der Waals surface area (Å²) in [5.74, 6) is 0. The highest BCUT2D eigenvalue weighted by Crippen LogP contribution is 2.52. The van der Waals surface area contributed by atoms with Gasteiger partial charge in [-0.2, -0.15) is 0 Å². The fourth-order valence-electron chi connectivity index (χ4n) is 12.9. The Balaban J connectivity index is 0.933. The summed E-state index contributed by atoms with van der Waals surface area (Å²) in [6.07, 6.45) is 0. The first-order chi connectivity index (χ1) is 38.5. The summed E-state index contributed by atoms with van der Waals surface area (Å²) in [5, 5.41) is 6.05. The van der Waals surface area contributed by atoms with Crippen molar-refractivity contribution in [2.45, 2.75) is 19.3 Å². The molecular weight excluding hydrogens is 943 g/mol. The van der Waals surface area contributed by atoms with Gasteiger partial charge in [-0.25, -0.2) is 0 Å². The molecule has 0 radical (unpaired) electrons. The van der Waals surface area contributed by atoms with Crippen LogP contribution >= 0.6 is 0 Å². The molecule has 0 fully saturated rings. The second-order valence-corrected chi connectivity index (χ2v) is 21.2. The smallest absolute Gasteiger partial charge is 0.0620 e. The number of anilines is 3. The molecule has 78 heavy (non-hydrogen) atoms. The second kappa shape index (κ2) is 18.1. The Morgan fingerprint density at radius 3 is 1.54 bits per heavy atom. The summed E-state index contributed by atoms with van der Waals surface area (Å²) in [7, 11) is 0. The predicted octanol–water partition coefficient (Wildman–Crippen LogP) is 20.3. The first-order valence-electron chi connectivity index (χ1n) is 27.1. The topological polar surface area (TPSA) is 13.1 Å². The molecule has 0 amide bonds. The maximum atomic E-state index is 2.51. The van der Waals surface area contributed by atoms with Crippen LogP contribution in [0.5, 0.6) is 0 Å². The van der Waals surface area contributed by atoms with Gasteiger partial charge in [0.05, 0.1) is 22.2 Å². The van der Waals surface area contributed by atoms with Crippen LogP contribution in [0.25, 0.3) is 111 Å². The first kappa shape index (κ1) is 45.4. The molecule has 3 heteroatoms. The predicted molar refractivity (Wildman–Crippen MR) is 329 cm³/mol. The molecule has 368 valence electrons. The van der Waals surface area contributed by atoms with E-state index in [1.165, 1.54) is 99.2 Å². The van der Waals surface area contributed by atoms with Crippen LogP contribution in [-0.4, -0.2) is 9.13 Å². The van der Waals surface area contributed by atoms with E-state index >= 15 is 0 Å². The number of para-hydroxylation sites is 2. The Kier molecular flexibility index (Phi) is 10.6. The fraction of sp³-hybridized carbons (Fsp3) is 0.0400. The molecule has 0 aliphatic heterocycles. The van der Waals surface area contributed by atoms with E-state index < -0.39 is 0 Å². The number of nitrogens with zero attached hydrogens (tertiary/aromatic N) is 3. The van der Waals surface area contributed by atoms with Gasteiger partial charge in [-0.05, 0) is 140 Å². The molecule has 0 saturated carbocycles. The minimum atomic E-state index is -0.159. The largest absolute Gasteiger partial charge is 0.310 e. The van der Waals surface area contributed by atoms with Gasteiger partial charge in [0, 0.05) is 61.0 Å². The Morgan fingerprint density at radius 1 is 0.295 bits per heavy atom. The van der Waals surface area contributed by atoms with Crippen molar-refractivity contribution in [1.82, 2.24) is 9.13 Å². The number of rotatable bonds is 9. The zero-order chi connectivity index (χ0) is 51.9. The summed E-state index contributed by atoms with van der Waals surface area (Å²) in [5.41, 5.74) is 23.8. The molecule has 3 nitrogen and oxygen atoms in total. The molecule has 1 aliphatic rings. The third kappa shape index (κ3) is 7.20. The summed E-state index contributed by atoms with van der Waals surface area (Å²) in [6, 6.07) is 105. The number of hydrogen-bond donors (Lipinski definition) is 0. The zero-order valence-corrected chi connectivity index (χ0v) is 43.5. The van der Waals surface area contributed by atoms with Crippen LogP contribution in [0.3, 0.4) is 0 Å².